The van der Waals surface area contributed by atoms with E-state index in [4.69, 9.17) is 23.7 Å². The number of esters is 1. The van der Waals surface area contributed by atoms with Crippen LogP contribution in [0.25, 0.3) is 0 Å². The van der Waals surface area contributed by atoms with E-state index in [2.05, 4.69) is 0 Å². The fraction of sp³-hybridized carbons (Fsp3) is 0.600. The highest BCUT2D eigenvalue weighted by atomic mass is 16.5. The normalized spacial score (nSPS) is 16.4. The van der Waals surface area contributed by atoms with Crippen LogP contribution in [0.4, 0.5) is 0 Å². The van der Waals surface area contributed by atoms with Crippen molar-refractivity contribution in [3.8, 4) is 11.5 Å². The summed E-state index contributed by atoms with van der Waals surface area (Å²) in [5.41, 5.74) is 1.65. The number of rotatable bonds is 17. The van der Waals surface area contributed by atoms with Crippen LogP contribution in [-0.2, 0) is 30.4 Å². The number of carbonyl (C=O) groups is 2. The summed E-state index contributed by atoms with van der Waals surface area (Å²) in [6.07, 6.45) is 8.52. The van der Waals surface area contributed by atoms with Crippen molar-refractivity contribution in [2.45, 2.75) is 70.7 Å². The average Bonchev–Trinajstić information content (AvgIpc) is 3.11. The Hall–Kier alpha value is -2.38. The van der Waals surface area contributed by atoms with Gasteiger partial charge >= 0.3 is 5.97 Å². The van der Waals surface area contributed by atoms with Crippen molar-refractivity contribution in [1.29, 1.82) is 0 Å². The van der Waals surface area contributed by atoms with Crippen molar-refractivity contribution in [3.05, 3.63) is 35.4 Å². The van der Waals surface area contributed by atoms with Crippen molar-refractivity contribution in [1.82, 2.24) is 0 Å². The molecule has 0 fully saturated rings. The predicted octanol–water partition coefficient (Wildman–Crippen LogP) is 4.41. The first kappa shape index (κ1) is 25.9. The van der Waals surface area contributed by atoms with Crippen LogP contribution in [0.5, 0.6) is 11.5 Å². The molecule has 0 saturated heterocycles. The minimum Gasteiger partial charge on any atom is -0.493 e. The van der Waals surface area contributed by atoms with Crippen molar-refractivity contribution >= 4 is 12.3 Å². The lowest BCUT2D eigenvalue weighted by atomic mass is 10.0. The maximum Gasteiger partial charge on any atom is 0.334 e. The Morgan fingerprint density at radius 3 is 2.59 bits per heavy atom. The maximum absolute atomic E-state index is 12.1. The van der Waals surface area contributed by atoms with Crippen LogP contribution >= 0.6 is 0 Å². The number of hydrogen-bond donors (Lipinski definition) is 0. The largest absolute Gasteiger partial charge is 0.493 e. The van der Waals surface area contributed by atoms with Gasteiger partial charge in [-0.1, -0.05) is 25.3 Å². The highest BCUT2D eigenvalue weighted by Crippen LogP contribution is 2.29. The molecule has 1 heterocycles. The average molecular weight is 449 g/mol. The zero-order valence-corrected chi connectivity index (χ0v) is 19.5. The Balaban J connectivity index is 1.94. The summed E-state index contributed by atoms with van der Waals surface area (Å²) in [5, 5.41) is 0. The van der Waals surface area contributed by atoms with Gasteiger partial charge in [-0.05, 0) is 43.5 Å². The van der Waals surface area contributed by atoms with Crippen LogP contribution in [-0.4, -0.2) is 51.9 Å². The van der Waals surface area contributed by atoms with Gasteiger partial charge in [0.05, 0.1) is 26.4 Å². The summed E-state index contributed by atoms with van der Waals surface area (Å²) in [6.45, 7) is 3.21. The highest BCUT2D eigenvalue weighted by molar-refractivity contribution is 5.90. The van der Waals surface area contributed by atoms with Crippen LogP contribution in [0.3, 0.4) is 0 Å². The monoisotopic (exact) mass is 448 g/mol. The third kappa shape index (κ3) is 9.01. The van der Waals surface area contributed by atoms with Crippen molar-refractivity contribution in [2.75, 3.05) is 27.4 Å². The summed E-state index contributed by atoms with van der Waals surface area (Å²) in [7, 11) is 3.24. The molecule has 0 radical (unpaired) electrons. The molecule has 7 heteroatoms. The number of cyclic esters (lactones) is 1. The second kappa shape index (κ2) is 14.6. The molecule has 0 N–H and O–H groups in total. The molecule has 1 aromatic carbocycles. The van der Waals surface area contributed by atoms with E-state index in [9.17, 15) is 9.59 Å². The molecule has 1 aliphatic heterocycles. The summed E-state index contributed by atoms with van der Waals surface area (Å²) in [4.78, 5) is 22.5. The van der Waals surface area contributed by atoms with Crippen molar-refractivity contribution in [2.24, 2.45) is 0 Å². The van der Waals surface area contributed by atoms with Crippen LogP contribution in [0.15, 0.2) is 29.8 Å². The van der Waals surface area contributed by atoms with Gasteiger partial charge in [-0.3, -0.25) is 0 Å². The molecule has 32 heavy (non-hydrogen) atoms. The van der Waals surface area contributed by atoms with Gasteiger partial charge in [0.15, 0.2) is 11.5 Å². The first-order chi connectivity index (χ1) is 15.6. The van der Waals surface area contributed by atoms with Crippen LogP contribution < -0.4 is 9.47 Å². The summed E-state index contributed by atoms with van der Waals surface area (Å²) < 4.78 is 27.6. The van der Waals surface area contributed by atoms with Gasteiger partial charge in [-0.25, -0.2) is 4.79 Å². The Kier molecular flexibility index (Phi) is 11.8. The topological polar surface area (TPSA) is 80.3 Å². The van der Waals surface area contributed by atoms with E-state index in [1.165, 1.54) is 0 Å². The fourth-order valence-corrected chi connectivity index (χ4v) is 3.59. The molecule has 0 unspecified atom stereocenters. The molecule has 1 aromatic rings. The molecule has 0 bridgehead atoms. The van der Waals surface area contributed by atoms with Gasteiger partial charge in [0.25, 0.3) is 0 Å². The van der Waals surface area contributed by atoms with Crippen molar-refractivity contribution < 1.29 is 33.3 Å². The van der Waals surface area contributed by atoms with Crippen LogP contribution in [0, 0.1) is 0 Å². The van der Waals surface area contributed by atoms with Gasteiger partial charge < -0.3 is 28.5 Å². The van der Waals surface area contributed by atoms with E-state index in [0.29, 0.717) is 49.7 Å². The van der Waals surface area contributed by atoms with E-state index in [0.717, 1.165) is 44.0 Å². The second-order valence-electron chi connectivity index (χ2n) is 7.92. The standard InChI is InChI=1S/C25H36O7/c1-19-15-21(25(27)32-19)17-22(9-7-5-4-6-8-12-26)31-18-20-10-11-23(24(16-20)29-3)30-14-13-28-2/h10-12,15-16,19,22H,4-9,13-14,17-18H2,1-3H3/t19-,22-/m0/s1. The fourth-order valence-electron chi connectivity index (χ4n) is 3.59. The molecule has 0 aromatic heterocycles. The Labute approximate surface area is 191 Å². The minimum absolute atomic E-state index is 0.0891. The number of carbonyl (C=O) groups excluding carboxylic acids is 2. The summed E-state index contributed by atoms with van der Waals surface area (Å²) in [6, 6.07) is 5.73. The SMILES string of the molecule is COCCOc1ccc(CO[C@@H](CCCCCCC=O)CC2=C[C@H](C)OC2=O)cc1OC. The maximum atomic E-state index is 12.1. The minimum atomic E-state index is -0.253. The Morgan fingerprint density at radius 1 is 1.09 bits per heavy atom. The molecule has 0 saturated carbocycles. The molecule has 2 atom stereocenters. The van der Waals surface area contributed by atoms with E-state index >= 15 is 0 Å². The van der Waals surface area contributed by atoms with E-state index in [1.807, 2.05) is 31.2 Å². The highest BCUT2D eigenvalue weighted by Gasteiger charge is 2.25. The molecule has 2 rings (SSSR count). The zero-order valence-electron chi connectivity index (χ0n) is 19.5. The molecular formula is C25H36O7. The molecular weight excluding hydrogens is 412 g/mol. The lowest BCUT2D eigenvalue weighted by molar-refractivity contribution is -0.139. The van der Waals surface area contributed by atoms with E-state index < -0.39 is 0 Å². The van der Waals surface area contributed by atoms with Crippen LogP contribution in [0.2, 0.25) is 0 Å². The molecule has 0 amide bonds. The Bertz CT molecular complexity index is 744. The predicted molar refractivity (Wildman–Crippen MR) is 121 cm³/mol. The quantitative estimate of drug-likeness (QED) is 0.198. The molecule has 0 aliphatic carbocycles. The first-order valence-electron chi connectivity index (χ1n) is 11.3. The number of methoxy groups -OCH3 is 2. The number of unbranched alkanes of at least 4 members (excludes halogenated alkanes) is 4. The number of aldehydes is 1. The third-order valence-electron chi connectivity index (χ3n) is 5.30. The van der Waals surface area contributed by atoms with Gasteiger partial charge in [0, 0.05) is 25.5 Å². The first-order valence-corrected chi connectivity index (χ1v) is 11.3. The lowest BCUT2D eigenvalue weighted by Gasteiger charge is -2.19. The van der Waals surface area contributed by atoms with Gasteiger partial charge in [0.1, 0.15) is 19.0 Å². The van der Waals surface area contributed by atoms with Gasteiger partial charge in [0.2, 0.25) is 0 Å². The molecule has 7 nitrogen and oxygen atoms in total. The summed E-state index contributed by atoms with van der Waals surface area (Å²) in [5.74, 6) is 1.05. The second-order valence-corrected chi connectivity index (χ2v) is 7.92. The van der Waals surface area contributed by atoms with Crippen molar-refractivity contribution in [3.63, 3.8) is 0 Å². The Morgan fingerprint density at radius 2 is 1.91 bits per heavy atom. The molecule has 0 spiro atoms. The molecule has 1 aliphatic rings. The smallest absolute Gasteiger partial charge is 0.334 e. The van der Waals surface area contributed by atoms with Gasteiger partial charge in [-0.15, -0.1) is 0 Å². The lowest BCUT2D eigenvalue weighted by Crippen LogP contribution is -2.16. The number of benzene rings is 1. The van der Waals surface area contributed by atoms with E-state index in [1.54, 1.807) is 14.2 Å². The van der Waals surface area contributed by atoms with E-state index in [-0.39, 0.29) is 18.2 Å². The zero-order chi connectivity index (χ0) is 23.2. The molecule has 178 valence electrons. The summed E-state index contributed by atoms with van der Waals surface area (Å²) >= 11 is 0. The number of ether oxygens (including phenoxy) is 5. The third-order valence-corrected chi connectivity index (χ3v) is 5.30. The number of hydrogen-bond acceptors (Lipinski definition) is 7. The van der Waals surface area contributed by atoms with Gasteiger partial charge in [-0.2, -0.15) is 0 Å². The van der Waals surface area contributed by atoms with Crippen LogP contribution in [0.1, 0.15) is 57.4 Å².